The Morgan fingerprint density at radius 3 is 2.81 bits per heavy atom. The first-order valence-corrected chi connectivity index (χ1v) is 7.38. The molecule has 0 bridgehead atoms. The van der Waals surface area contributed by atoms with Crippen molar-refractivity contribution in [1.29, 1.82) is 0 Å². The van der Waals surface area contributed by atoms with Gasteiger partial charge in [0.1, 0.15) is 0 Å². The van der Waals surface area contributed by atoms with Crippen molar-refractivity contribution in [2.75, 3.05) is 26.2 Å². The average Bonchev–Trinajstić information content (AvgIpc) is 2.80. The molecule has 3 atom stereocenters. The highest BCUT2D eigenvalue weighted by Gasteiger charge is 2.35. The van der Waals surface area contributed by atoms with E-state index >= 15 is 0 Å². The van der Waals surface area contributed by atoms with Crippen LogP contribution in [0.3, 0.4) is 0 Å². The van der Waals surface area contributed by atoms with Crippen LogP contribution in [-0.2, 0) is 0 Å². The fourth-order valence-corrected chi connectivity index (χ4v) is 4.20. The van der Waals surface area contributed by atoms with Crippen molar-refractivity contribution in [3.8, 4) is 0 Å². The molecule has 0 radical (unpaired) electrons. The van der Waals surface area contributed by atoms with Gasteiger partial charge < -0.3 is 5.32 Å². The zero-order valence-electron chi connectivity index (χ0n) is 10.5. The molecular formula is C14H26N2. The van der Waals surface area contributed by atoms with Gasteiger partial charge in [-0.25, -0.2) is 0 Å². The number of hydrogen-bond donors (Lipinski definition) is 1. The predicted molar refractivity (Wildman–Crippen MR) is 67.5 cm³/mol. The van der Waals surface area contributed by atoms with E-state index < -0.39 is 0 Å². The normalized spacial score (nSPS) is 40.9. The van der Waals surface area contributed by atoms with Crippen LogP contribution >= 0.6 is 0 Å². The smallest absolute Gasteiger partial charge is 0.0124 e. The van der Waals surface area contributed by atoms with Crippen molar-refractivity contribution in [2.24, 2.45) is 11.8 Å². The summed E-state index contributed by atoms with van der Waals surface area (Å²) in [5, 5.41) is 3.56. The Balaban J connectivity index is 1.56. The largest absolute Gasteiger partial charge is 0.316 e. The monoisotopic (exact) mass is 222 g/mol. The highest BCUT2D eigenvalue weighted by molar-refractivity contribution is 4.90. The molecule has 2 heterocycles. The topological polar surface area (TPSA) is 15.3 Å². The summed E-state index contributed by atoms with van der Waals surface area (Å²) in [6, 6.07) is 0.968. The Morgan fingerprint density at radius 2 is 1.94 bits per heavy atom. The van der Waals surface area contributed by atoms with Crippen molar-refractivity contribution in [3.05, 3.63) is 0 Å². The molecule has 0 aromatic carbocycles. The standard InChI is InChI=1S/C14H26N2/c1-5-13-6-3-9-16(14(13)7-1)11-12-4-2-8-15-10-12/h12-15H,1-11H2. The molecule has 0 aromatic heterocycles. The number of nitrogens with zero attached hydrogens (tertiary/aromatic N) is 1. The molecule has 2 saturated heterocycles. The Morgan fingerprint density at radius 1 is 1.00 bits per heavy atom. The minimum atomic E-state index is 0.938. The molecule has 1 aliphatic carbocycles. The van der Waals surface area contributed by atoms with Gasteiger partial charge in [0, 0.05) is 12.6 Å². The summed E-state index contributed by atoms with van der Waals surface area (Å²) in [5.41, 5.74) is 0. The van der Waals surface area contributed by atoms with Gasteiger partial charge in [-0.05, 0) is 70.0 Å². The second-order valence-corrected chi connectivity index (χ2v) is 6.11. The molecule has 3 unspecified atom stereocenters. The van der Waals surface area contributed by atoms with Crippen LogP contribution in [0.25, 0.3) is 0 Å². The molecule has 3 rings (SSSR count). The maximum Gasteiger partial charge on any atom is 0.0124 e. The van der Waals surface area contributed by atoms with Crippen molar-refractivity contribution in [1.82, 2.24) is 10.2 Å². The lowest BCUT2D eigenvalue weighted by atomic mass is 9.90. The zero-order valence-corrected chi connectivity index (χ0v) is 10.5. The molecule has 1 N–H and O–H groups in total. The molecule has 2 heteroatoms. The summed E-state index contributed by atoms with van der Waals surface area (Å²) in [7, 11) is 0. The van der Waals surface area contributed by atoms with E-state index in [1.165, 1.54) is 71.1 Å². The van der Waals surface area contributed by atoms with E-state index in [2.05, 4.69) is 10.2 Å². The summed E-state index contributed by atoms with van der Waals surface area (Å²) >= 11 is 0. The third-order valence-corrected chi connectivity index (χ3v) is 5.00. The molecule has 0 amide bonds. The number of fused-ring (bicyclic) bond motifs is 1. The molecule has 3 fully saturated rings. The first-order chi connectivity index (χ1) is 7.93. The molecule has 0 aromatic rings. The van der Waals surface area contributed by atoms with Gasteiger partial charge >= 0.3 is 0 Å². The van der Waals surface area contributed by atoms with Crippen LogP contribution in [0.15, 0.2) is 0 Å². The van der Waals surface area contributed by atoms with Gasteiger partial charge in [0.25, 0.3) is 0 Å². The van der Waals surface area contributed by atoms with Crippen LogP contribution in [0.5, 0.6) is 0 Å². The van der Waals surface area contributed by atoms with Gasteiger partial charge in [0.2, 0.25) is 0 Å². The van der Waals surface area contributed by atoms with Crippen LogP contribution < -0.4 is 5.32 Å². The van der Waals surface area contributed by atoms with Crippen LogP contribution in [0.4, 0.5) is 0 Å². The van der Waals surface area contributed by atoms with Gasteiger partial charge in [-0.3, -0.25) is 4.90 Å². The van der Waals surface area contributed by atoms with Gasteiger partial charge in [0.15, 0.2) is 0 Å². The maximum absolute atomic E-state index is 3.56. The lowest BCUT2D eigenvalue weighted by Gasteiger charge is -2.40. The number of likely N-dealkylation sites (tertiary alicyclic amines) is 1. The third-order valence-electron chi connectivity index (χ3n) is 5.00. The summed E-state index contributed by atoms with van der Waals surface area (Å²) < 4.78 is 0. The molecule has 2 aliphatic heterocycles. The number of piperidine rings is 2. The molecule has 1 saturated carbocycles. The van der Waals surface area contributed by atoms with E-state index in [1.54, 1.807) is 0 Å². The quantitative estimate of drug-likeness (QED) is 0.771. The summed E-state index contributed by atoms with van der Waals surface area (Å²) in [5.74, 6) is 2.00. The van der Waals surface area contributed by atoms with E-state index in [1.807, 2.05) is 0 Å². The lowest BCUT2D eigenvalue weighted by molar-refractivity contribution is 0.0888. The molecule has 2 nitrogen and oxygen atoms in total. The summed E-state index contributed by atoms with van der Waals surface area (Å²) in [6.07, 6.45) is 10.3. The van der Waals surface area contributed by atoms with Crippen molar-refractivity contribution >= 4 is 0 Å². The highest BCUT2D eigenvalue weighted by Crippen LogP contribution is 2.37. The molecule has 3 aliphatic rings. The van der Waals surface area contributed by atoms with E-state index in [4.69, 9.17) is 0 Å². The summed E-state index contributed by atoms with van der Waals surface area (Å²) in [6.45, 7) is 5.29. The fraction of sp³-hybridized carbons (Fsp3) is 1.00. The second kappa shape index (κ2) is 5.05. The minimum Gasteiger partial charge on any atom is -0.316 e. The first-order valence-electron chi connectivity index (χ1n) is 7.38. The van der Waals surface area contributed by atoms with Gasteiger partial charge in [0.05, 0.1) is 0 Å². The van der Waals surface area contributed by atoms with E-state index in [0.29, 0.717) is 0 Å². The maximum atomic E-state index is 3.56. The SMILES string of the molecule is C1CNCC(CN2CCCC3CCCC32)C1. The van der Waals surface area contributed by atoms with Gasteiger partial charge in [-0.15, -0.1) is 0 Å². The molecular weight excluding hydrogens is 196 g/mol. The van der Waals surface area contributed by atoms with Crippen LogP contribution in [0, 0.1) is 11.8 Å². The zero-order chi connectivity index (χ0) is 10.8. The number of nitrogens with one attached hydrogen (secondary N) is 1. The Hall–Kier alpha value is -0.0800. The van der Waals surface area contributed by atoms with Crippen molar-refractivity contribution in [3.63, 3.8) is 0 Å². The van der Waals surface area contributed by atoms with Crippen molar-refractivity contribution < 1.29 is 0 Å². The lowest BCUT2D eigenvalue weighted by Crippen LogP contribution is -2.47. The molecule has 16 heavy (non-hydrogen) atoms. The van der Waals surface area contributed by atoms with Crippen LogP contribution in [0.2, 0.25) is 0 Å². The summed E-state index contributed by atoms with van der Waals surface area (Å²) in [4.78, 5) is 2.85. The van der Waals surface area contributed by atoms with Gasteiger partial charge in [-0.2, -0.15) is 0 Å². The Bertz CT molecular complexity index is 223. The third kappa shape index (κ3) is 2.28. The van der Waals surface area contributed by atoms with Gasteiger partial charge in [-0.1, -0.05) is 6.42 Å². The Kier molecular flexibility index (Phi) is 3.49. The second-order valence-electron chi connectivity index (χ2n) is 6.11. The molecule has 92 valence electrons. The van der Waals surface area contributed by atoms with E-state index in [-0.39, 0.29) is 0 Å². The molecule has 0 spiro atoms. The number of rotatable bonds is 2. The number of hydrogen-bond acceptors (Lipinski definition) is 2. The first kappa shape index (κ1) is 11.0. The van der Waals surface area contributed by atoms with Crippen LogP contribution in [-0.4, -0.2) is 37.1 Å². The van der Waals surface area contributed by atoms with E-state index in [0.717, 1.165) is 17.9 Å². The van der Waals surface area contributed by atoms with Crippen LogP contribution in [0.1, 0.15) is 44.9 Å². The predicted octanol–water partition coefficient (Wildman–Crippen LogP) is 2.25. The minimum absolute atomic E-state index is 0.938. The highest BCUT2D eigenvalue weighted by atomic mass is 15.2. The van der Waals surface area contributed by atoms with Crippen molar-refractivity contribution in [2.45, 2.75) is 51.0 Å². The average molecular weight is 222 g/mol. The Labute approximate surface area is 99.8 Å². The fourth-order valence-electron chi connectivity index (χ4n) is 4.20. The van der Waals surface area contributed by atoms with E-state index in [9.17, 15) is 0 Å².